The van der Waals surface area contributed by atoms with Crippen molar-refractivity contribution in [3.8, 4) is 0 Å². The van der Waals surface area contributed by atoms with E-state index in [1.54, 1.807) is 12.2 Å². The number of rotatable bonds is 40. The van der Waals surface area contributed by atoms with Crippen LogP contribution in [0.3, 0.4) is 0 Å². The third-order valence-electron chi connectivity index (χ3n) is 9.46. The highest BCUT2D eigenvalue weighted by Crippen LogP contribution is 2.38. The van der Waals surface area contributed by atoms with Gasteiger partial charge in [-0.05, 0) is 44.9 Å². The molecule has 0 saturated heterocycles. The van der Waals surface area contributed by atoms with Crippen molar-refractivity contribution in [3.05, 3.63) is 48.6 Å². The highest BCUT2D eigenvalue weighted by atomic mass is 31.2. The number of phosphoric acid groups is 1. The molecule has 0 heterocycles. The molecule has 3 atom stereocenters. The molecule has 0 bridgehead atoms. The van der Waals surface area contributed by atoms with Gasteiger partial charge in [-0.2, -0.15) is 0 Å². The molecule has 1 N–H and O–H groups in total. The molecule has 0 rings (SSSR count). The van der Waals surface area contributed by atoms with Crippen LogP contribution in [0.2, 0.25) is 0 Å². The lowest BCUT2D eigenvalue weighted by molar-refractivity contribution is -0.870. The number of aliphatic hydroxyl groups is 1. The van der Waals surface area contributed by atoms with E-state index in [0.717, 1.165) is 38.5 Å². The predicted molar refractivity (Wildman–Crippen MR) is 233 cm³/mol. The number of aliphatic hydroxyl groups excluding tert-OH is 1. The molecule has 0 amide bonds. The fourth-order valence-electron chi connectivity index (χ4n) is 5.88. The van der Waals surface area contributed by atoms with Crippen molar-refractivity contribution in [1.29, 1.82) is 0 Å². The van der Waals surface area contributed by atoms with Gasteiger partial charge in [0.1, 0.15) is 19.8 Å². The Hall–Kier alpha value is -2.07. The van der Waals surface area contributed by atoms with Crippen LogP contribution in [-0.2, 0) is 32.7 Å². The summed E-state index contributed by atoms with van der Waals surface area (Å²) in [6.45, 7) is 3.97. The fraction of sp³-hybridized carbons (Fsp3) is 0.783. The van der Waals surface area contributed by atoms with Gasteiger partial charge < -0.3 is 33.0 Å². The van der Waals surface area contributed by atoms with Gasteiger partial charge in [-0.3, -0.25) is 14.2 Å². The zero-order chi connectivity index (χ0) is 42.3. The van der Waals surface area contributed by atoms with Crippen LogP contribution in [0.5, 0.6) is 0 Å². The van der Waals surface area contributed by atoms with Crippen LogP contribution in [-0.4, -0.2) is 81.2 Å². The van der Waals surface area contributed by atoms with Gasteiger partial charge in [-0.25, -0.2) is 0 Å². The van der Waals surface area contributed by atoms with Crippen molar-refractivity contribution in [1.82, 2.24) is 0 Å². The van der Waals surface area contributed by atoms with Crippen LogP contribution in [0.1, 0.15) is 174 Å². The molecule has 57 heavy (non-hydrogen) atoms. The smallest absolute Gasteiger partial charge is 0.306 e. The average molecular weight is 826 g/mol. The molecule has 0 aliphatic carbocycles. The molecule has 0 aromatic rings. The molecule has 332 valence electrons. The van der Waals surface area contributed by atoms with Gasteiger partial charge >= 0.3 is 11.9 Å². The summed E-state index contributed by atoms with van der Waals surface area (Å²) >= 11 is 0. The van der Waals surface area contributed by atoms with Crippen LogP contribution >= 0.6 is 7.82 Å². The Morgan fingerprint density at radius 3 is 1.77 bits per heavy atom. The van der Waals surface area contributed by atoms with Gasteiger partial charge in [-0.1, -0.05) is 165 Å². The molecule has 0 aliphatic rings. The molecule has 1 unspecified atom stereocenters. The first-order valence-corrected chi connectivity index (χ1v) is 23.9. The van der Waals surface area contributed by atoms with Crippen LogP contribution in [0.4, 0.5) is 0 Å². The lowest BCUT2D eigenvalue weighted by Crippen LogP contribution is -2.37. The highest BCUT2D eigenvalue weighted by Gasteiger charge is 2.22. The molecule has 0 aliphatic heterocycles. The van der Waals surface area contributed by atoms with Crippen LogP contribution in [0.15, 0.2) is 48.6 Å². The van der Waals surface area contributed by atoms with Crippen molar-refractivity contribution in [2.75, 3.05) is 47.5 Å². The fourth-order valence-corrected chi connectivity index (χ4v) is 6.60. The normalized spacial score (nSPS) is 14.6. The van der Waals surface area contributed by atoms with Gasteiger partial charge in [0.15, 0.2) is 6.10 Å². The quantitative estimate of drug-likeness (QED) is 0.0160. The number of phosphoric ester groups is 1. The Labute approximate surface area is 348 Å². The van der Waals surface area contributed by atoms with Crippen molar-refractivity contribution < 1.29 is 47.2 Å². The SMILES string of the molecule is CCCCC/C=C\C/C=C\C/C=C\C=C\[C@H](O)CCCC(=O)O[C@H](COC(=O)CCCCCCCCCCCCCCCCC)COP(=O)([O-])OCC[N+](C)(C)C. The second-order valence-corrected chi connectivity index (χ2v) is 17.7. The zero-order valence-electron chi connectivity index (χ0n) is 36.9. The van der Waals surface area contributed by atoms with E-state index < -0.39 is 38.6 Å². The first-order chi connectivity index (χ1) is 27.4. The van der Waals surface area contributed by atoms with Gasteiger partial charge in [0.2, 0.25) is 0 Å². The minimum Gasteiger partial charge on any atom is -0.756 e. The molecule has 0 aromatic heterocycles. The second kappa shape index (κ2) is 38.2. The average Bonchev–Trinajstić information content (AvgIpc) is 3.15. The number of hydrogen-bond donors (Lipinski definition) is 1. The second-order valence-electron chi connectivity index (χ2n) is 16.3. The van der Waals surface area contributed by atoms with Crippen molar-refractivity contribution in [2.45, 2.75) is 187 Å². The van der Waals surface area contributed by atoms with Gasteiger partial charge in [0.25, 0.3) is 7.82 Å². The topological polar surface area (TPSA) is 131 Å². The number of ether oxygens (including phenoxy) is 2. The monoisotopic (exact) mass is 826 g/mol. The molecule has 0 saturated carbocycles. The lowest BCUT2D eigenvalue weighted by Gasteiger charge is -2.28. The van der Waals surface area contributed by atoms with Crippen molar-refractivity contribution >= 4 is 19.8 Å². The van der Waals surface area contributed by atoms with Gasteiger partial charge in [0.05, 0.1) is 33.9 Å². The summed E-state index contributed by atoms with van der Waals surface area (Å²) in [5, 5.41) is 10.3. The lowest BCUT2D eigenvalue weighted by atomic mass is 10.0. The van der Waals surface area contributed by atoms with E-state index in [1.165, 1.54) is 89.9 Å². The maximum atomic E-state index is 12.7. The summed E-state index contributed by atoms with van der Waals surface area (Å²) in [5.41, 5.74) is 0. The Balaban J connectivity index is 4.55. The minimum atomic E-state index is -4.68. The number of unbranched alkanes of at least 4 members (excludes halogenated alkanes) is 17. The molecule has 0 spiro atoms. The Morgan fingerprint density at radius 2 is 1.18 bits per heavy atom. The van der Waals surface area contributed by atoms with Gasteiger partial charge in [-0.15, -0.1) is 0 Å². The van der Waals surface area contributed by atoms with Crippen molar-refractivity contribution in [3.63, 3.8) is 0 Å². The number of quaternary nitrogens is 1. The number of hydrogen-bond acceptors (Lipinski definition) is 9. The van der Waals surface area contributed by atoms with E-state index in [2.05, 4.69) is 38.2 Å². The van der Waals surface area contributed by atoms with Crippen LogP contribution in [0.25, 0.3) is 0 Å². The number of likely N-dealkylation sites (N-methyl/N-ethyl adjacent to an activating group) is 1. The van der Waals surface area contributed by atoms with Crippen LogP contribution in [0, 0.1) is 0 Å². The van der Waals surface area contributed by atoms with E-state index in [9.17, 15) is 24.2 Å². The number of esters is 2. The number of allylic oxidation sites excluding steroid dienone is 7. The Bertz CT molecular complexity index is 1130. The molecule has 10 nitrogen and oxygen atoms in total. The van der Waals surface area contributed by atoms with Crippen LogP contribution < -0.4 is 4.89 Å². The summed E-state index contributed by atoms with van der Waals surface area (Å²) in [5.74, 6) is -1.03. The van der Waals surface area contributed by atoms with E-state index in [1.807, 2.05) is 33.3 Å². The predicted octanol–water partition coefficient (Wildman–Crippen LogP) is 11.0. The standard InChI is InChI=1S/C46H84NO9P/c1-6-8-10-12-14-16-18-20-21-23-25-27-29-31-33-37-45(49)53-41-44(42-55-57(51,52)54-40-39-47(3,4)5)56-46(50)38-34-36-43(48)35-32-30-28-26-24-22-19-17-15-13-11-9-7-2/h15,17,22,24,28,30,32,35,43-44,48H,6-14,16,18-21,23,25-27,29,31,33-34,36-42H2,1-5H3/b17-15-,24-22-,30-28-,35-32+/t43-,44+/m0/s1. The first-order valence-electron chi connectivity index (χ1n) is 22.5. The maximum absolute atomic E-state index is 12.7. The van der Waals surface area contributed by atoms with E-state index >= 15 is 0 Å². The van der Waals surface area contributed by atoms with Gasteiger partial charge in [0, 0.05) is 12.8 Å². The maximum Gasteiger partial charge on any atom is 0.306 e. The zero-order valence-corrected chi connectivity index (χ0v) is 37.8. The summed E-state index contributed by atoms with van der Waals surface area (Å²) in [7, 11) is 1.05. The number of nitrogens with zero attached hydrogens (tertiary/aromatic N) is 1. The molecule has 0 radical (unpaired) electrons. The highest BCUT2D eigenvalue weighted by molar-refractivity contribution is 7.45. The largest absolute Gasteiger partial charge is 0.756 e. The third-order valence-corrected chi connectivity index (χ3v) is 10.4. The molecule has 0 fully saturated rings. The Morgan fingerprint density at radius 1 is 0.649 bits per heavy atom. The minimum absolute atomic E-state index is 0.00279. The summed E-state index contributed by atoms with van der Waals surface area (Å²) < 4.78 is 33.7. The molecular weight excluding hydrogens is 741 g/mol. The van der Waals surface area contributed by atoms with Crippen molar-refractivity contribution in [2.24, 2.45) is 0 Å². The third kappa shape index (κ3) is 41.9. The summed E-state index contributed by atoms with van der Waals surface area (Å²) in [6.07, 6.45) is 40.2. The first kappa shape index (κ1) is 54.9. The molecule has 0 aromatic carbocycles. The van der Waals surface area contributed by atoms with E-state index in [4.69, 9.17) is 18.5 Å². The number of carbonyl (C=O) groups excluding carboxylic acids is 2. The van der Waals surface area contributed by atoms with E-state index in [0.29, 0.717) is 30.3 Å². The summed E-state index contributed by atoms with van der Waals surface area (Å²) in [6, 6.07) is 0. The molecular formula is C46H84NO9P. The summed E-state index contributed by atoms with van der Waals surface area (Å²) in [4.78, 5) is 37.6. The van der Waals surface area contributed by atoms with E-state index in [-0.39, 0.29) is 26.1 Å². The Kier molecular flexibility index (Phi) is 36.8. The molecule has 11 heteroatoms. The number of carbonyl (C=O) groups is 2.